The van der Waals surface area contributed by atoms with E-state index in [9.17, 15) is 19.1 Å². The quantitative estimate of drug-likeness (QED) is 0.753. The van der Waals surface area contributed by atoms with Crippen molar-refractivity contribution in [3.8, 4) is 5.75 Å². The molecule has 0 aromatic heterocycles. The summed E-state index contributed by atoms with van der Waals surface area (Å²) in [5, 5.41) is 13.9. The van der Waals surface area contributed by atoms with Crippen molar-refractivity contribution < 1.29 is 23.8 Å². The van der Waals surface area contributed by atoms with Gasteiger partial charge in [0.1, 0.15) is 17.1 Å². The summed E-state index contributed by atoms with van der Waals surface area (Å²) in [7, 11) is 1.42. The number of hydrogen-bond acceptors (Lipinski definition) is 3. The van der Waals surface area contributed by atoms with E-state index < -0.39 is 23.4 Å². The molecule has 1 aromatic rings. The maximum absolute atomic E-state index is 13.6. The van der Waals surface area contributed by atoms with Crippen molar-refractivity contribution in [2.45, 2.75) is 32.2 Å². The molecule has 0 heterocycles. The Kier molecular flexibility index (Phi) is 5.52. The summed E-state index contributed by atoms with van der Waals surface area (Å²) in [4.78, 5) is 23.2. The van der Waals surface area contributed by atoms with E-state index in [1.807, 2.05) is 0 Å². The molecule has 1 aromatic carbocycles. The topological polar surface area (TPSA) is 87.7 Å². The number of carboxylic acids is 1. The first-order chi connectivity index (χ1) is 9.88. The van der Waals surface area contributed by atoms with Gasteiger partial charge in [0.15, 0.2) is 0 Å². The summed E-state index contributed by atoms with van der Waals surface area (Å²) in [6.07, 6.45) is 0.430. The predicted octanol–water partition coefficient (Wildman–Crippen LogP) is 2.60. The van der Waals surface area contributed by atoms with Crippen LogP contribution in [0.3, 0.4) is 0 Å². The first-order valence-electron chi connectivity index (χ1n) is 6.54. The fourth-order valence-corrected chi connectivity index (χ4v) is 1.88. The molecule has 0 aliphatic rings. The second kappa shape index (κ2) is 6.92. The molecule has 116 valence electrons. The van der Waals surface area contributed by atoms with Gasteiger partial charge >= 0.3 is 12.0 Å². The first kappa shape index (κ1) is 16.7. The van der Waals surface area contributed by atoms with Crippen molar-refractivity contribution in [2.75, 3.05) is 12.4 Å². The SMILES string of the molecule is CCC(CC)(NC(=O)Nc1cc(OC)ccc1F)C(=O)O. The smallest absolute Gasteiger partial charge is 0.329 e. The highest BCUT2D eigenvalue weighted by Crippen LogP contribution is 2.22. The minimum atomic E-state index is -1.38. The number of aliphatic carboxylic acids is 1. The highest BCUT2D eigenvalue weighted by molar-refractivity contribution is 5.94. The molecule has 0 radical (unpaired) electrons. The standard InChI is InChI=1S/C14H19FN2O4/c1-4-14(5-2,12(18)19)17-13(20)16-11-8-9(21-3)6-7-10(11)15/h6-8H,4-5H2,1-3H3,(H,18,19)(H2,16,17,20). The Hall–Kier alpha value is -2.31. The maximum Gasteiger partial charge on any atom is 0.329 e. The van der Waals surface area contributed by atoms with Crippen LogP contribution in [0.2, 0.25) is 0 Å². The number of amides is 2. The van der Waals surface area contributed by atoms with Gasteiger partial charge in [0.05, 0.1) is 12.8 Å². The van der Waals surface area contributed by atoms with Crippen LogP contribution in [0.15, 0.2) is 18.2 Å². The Bertz CT molecular complexity index is 530. The number of rotatable bonds is 6. The van der Waals surface area contributed by atoms with Crippen molar-refractivity contribution >= 4 is 17.7 Å². The lowest BCUT2D eigenvalue weighted by atomic mass is 9.93. The van der Waals surface area contributed by atoms with Gasteiger partial charge in [-0.15, -0.1) is 0 Å². The zero-order valence-corrected chi connectivity index (χ0v) is 12.2. The van der Waals surface area contributed by atoms with Crippen LogP contribution in [-0.2, 0) is 4.79 Å². The zero-order valence-electron chi connectivity index (χ0n) is 12.2. The molecule has 0 aliphatic heterocycles. The van der Waals surface area contributed by atoms with Crippen LogP contribution in [0.1, 0.15) is 26.7 Å². The number of carbonyl (C=O) groups excluding carboxylic acids is 1. The molecule has 3 N–H and O–H groups in total. The van der Waals surface area contributed by atoms with Crippen LogP contribution in [0.5, 0.6) is 5.75 Å². The van der Waals surface area contributed by atoms with Gasteiger partial charge in [-0.3, -0.25) is 0 Å². The lowest BCUT2D eigenvalue weighted by molar-refractivity contribution is -0.144. The van der Waals surface area contributed by atoms with Gasteiger partial charge in [-0.05, 0) is 25.0 Å². The second-order valence-electron chi connectivity index (χ2n) is 4.52. The fraction of sp³-hybridized carbons (Fsp3) is 0.429. The minimum Gasteiger partial charge on any atom is -0.497 e. The molecule has 6 nitrogen and oxygen atoms in total. The molecule has 2 amide bonds. The zero-order chi connectivity index (χ0) is 16.0. The number of methoxy groups -OCH3 is 1. The summed E-state index contributed by atoms with van der Waals surface area (Å²) >= 11 is 0. The van der Waals surface area contributed by atoms with Gasteiger partial charge in [-0.1, -0.05) is 13.8 Å². The highest BCUT2D eigenvalue weighted by atomic mass is 19.1. The van der Waals surface area contributed by atoms with Crippen molar-refractivity contribution in [2.24, 2.45) is 0 Å². The van der Waals surface area contributed by atoms with Gasteiger partial charge in [-0.2, -0.15) is 0 Å². The number of carboxylic acid groups (broad SMARTS) is 1. The summed E-state index contributed by atoms with van der Waals surface area (Å²) in [6, 6.07) is 3.10. The number of halogens is 1. The van der Waals surface area contributed by atoms with Crippen LogP contribution >= 0.6 is 0 Å². The lowest BCUT2D eigenvalue weighted by Gasteiger charge is -2.28. The Morgan fingerprint density at radius 2 is 1.95 bits per heavy atom. The van der Waals surface area contributed by atoms with Gasteiger partial charge < -0.3 is 20.5 Å². The van der Waals surface area contributed by atoms with Crippen LogP contribution < -0.4 is 15.4 Å². The normalized spacial score (nSPS) is 10.9. The number of nitrogens with one attached hydrogen (secondary N) is 2. The van der Waals surface area contributed by atoms with Crippen molar-refractivity contribution in [3.63, 3.8) is 0 Å². The van der Waals surface area contributed by atoms with E-state index in [0.29, 0.717) is 5.75 Å². The number of carbonyl (C=O) groups is 2. The van der Waals surface area contributed by atoms with Crippen LogP contribution in [0.4, 0.5) is 14.9 Å². The van der Waals surface area contributed by atoms with E-state index in [0.717, 1.165) is 6.07 Å². The van der Waals surface area contributed by atoms with Crippen LogP contribution in [-0.4, -0.2) is 29.8 Å². The van der Waals surface area contributed by atoms with Gasteiger partial charge in [0.25, 0.3) is 0 Å². The van der Waals surface area contributed by atoms with E-state index in [2.05, 4.69) is 10.6 Å². The Morgan fingerprint density at radius 3 is 2.43 bits per heavy atom. The predicted molar refractivity (Wildman–Crippen MR) is 76.1 cm³/mol. The molecule has 0 spiro atoms. The van der Waals surface area contributed by atoms with Crippen molar-refractivity contribution in [1.82, 2.24) is 5.32 Å². The summed E-state index contributed by atoms with van der Waals surface area (Å²) in [5.74, 6) is -1.39. The summed E-state index contributed by atoms with van der Waals surface area (Å²) in [5.41, 5.74) is -1.46. The van der Waals surface area contributed by atoms with E-state index in [1.165, 1.54) is 19.2 Å². The molecule has 0 saturated heterocycles. The Balaban J connectivity index is 2.89. The molecular weight excluding hydrogens is 279 g/mol. The summed E-state index contributed by atoms with van der Waals surface area (Å²) < 4.78 is 18.5. The molecule has 0 unspecified atom stereocenters. The van der Waals surface area contributed by atoms with Gasteiger partial charge in [0, 0.05) is 6.07 Å². The minimum absolute atomic E-state index is 0.0849. The number of benzene rings is 1. The highest BCUT2D eigenvalue weighted by Gasteiger charge is 2.36. The van der Waals surface area contributed by atoms with Gasteiger partial charge in [0.2, 0.25) is 0 Å². The second-order valence-corrected chi connectivity index (χ2v) is 4.52. The number of anilines is 1. The summed E-state index contributed by atoms with van der Waals surface area (Å²) in [6.45, 7) is 3.31. The Morgan fingerprint density at radius 1 is 1.33 bits per heavy atom. The average Bonchev–Trinajstić information content (AvgIpc) is 2.46. The van der Waals surface area contributed by atoms with E-state index >= 15 is 0 Å². The van der Waals surface area contributed by atoms with E-state index in [-0.39, 0.29) is 18.5 Å². The number of hydrogen-bond donors (Lipinski definition) is 3. The molecule has 1 rings (SSSR count). The molecule has 0 aliphatic carbocycles. The Labute approximate surface area is 122 Å². The largest absolute Gasteiger partial charge is 0.497 e. The third-order valence-corrected chi connectivity index (χ3v) is 3.39. The average molecular weight is 298 g/mol. The molecule has 7 heteroatoms. The van der Waals surface area contributed by atoms with Crippen LogP contribution in [0.25, 0.3) is 0 Å². The van der Waals surface area contributed by atoms with E-state index in [1.54, 1.807) is 13.8 Å². The van der Waals surface area contributed by atoms with Gasteiger partial charge in [-0.25, -0.2) is 14.0 Å². The third kappa shape index (κ3) is 3.84. The molecule has 21 heavy (non-hydrogen) atoms. The van der Waals surface area contributed by atoms with E-state index in [4.69, 9.17) is 4.74 Å². The van der Waals surface area contributed by atoms with Crippen molar-refractivity contribution in [3.05, 3.63) is 24.0 Å². The third-order valence-electron chi connectivity index (χ3n) is 3.39. The monoisotopic (exact) mass is 298 g/mol. The molecule has 0 saturated carbocycles. The van der Waals surface area contributed by atoms with Crippen LogP contribution in [0, 0.1) is 5.82 Å². The lowest BCUT2D eigenvalue weighted by Crippen LogP contribution is -2.55. The molecule has 0 bridgehead atoms. The van der Waals surface area contributed by atoms with Crippen molar-refractivity contribution in [1.29, 1.82) is 0 Å². The maximum atomic E-state index is 13.6. The number of ether oxygens (including phenoxy) is 1. The molecular formula is C14H19FN2O4. The molecule has 0 atom stereocenters. The molecule has 0 fully saturated rings. The number of urea groups is 1. The first-order valence-corrected chi connectivity index (χ1v) is 6.54. The fourth-order valence-electron chi connectivity index (χ4n) is 1.88.